The van der Waals surface area contributed by atoms with Gasteiger partial charge >= 0.3 is 0 Å². The summed E-state index contributed by atoms with van der Waals surface area (Å²) in [6.45, 7) is 4.43. The summed E-state index contributed by atoms with van der Waals surface area (Å²) in [5.41, 5.74) is 6.91. The molecule has 1 aromatic rings. The lowest BCUT2D eigenvalue weighted by Gasteiger charge is -2.23. The molecule has 116 valence electrons. The van der Waals surface area contributed by atoms with E-state index in [0.29, 0.717) is 12.6 Å². The van der Waals surface area contributed by atoms with E-state index in [4.69, 9.17) is 5.73 Å². The lowest BCUT2D eigenvalue weighted by molar-refractivity contribution is -0.134. The molecule has 1 heterocycles. The van der Waals surface area contributed by atoms with Gasteiger partial charge in [-0.05, 0) is 41.1 Å². The molecule has 1 aliphatic rings. The lowest BCUT2D eigenvalue weighted by atomic mass is 10.1. The van der Waals surface area contributed by atoms with Crippen LogP contribution < -0.4 is 11.1 Å². The van der Waals surface area contributed by atoms with Crippen molar-refractivity contribution < 1.29 is 9.59 Å². The molecule has 1 aliphatic carbocycles. The van der Waals surface area contributed by atoms with Crippen molar-refractivity contribution in [1.82, 2.24) is 10.2 Å². The maximum atomic E-state index is 12.3. The van der Waals surface area contributed by atoms with Gasteiger partial charge in [0, 0.05) is 12.6 Å². The van der Waals surface area contributed by atoms with E-state index in [2.05, 4.69) is 10.7 Å². The van der Waals surface area contributed by atoms with E-state index >= 15 is 0 Å². The molecule has 2 amide bonds. The third-order valence-electron chi connectivity index (χ3n) is 3.68. The summed E-state index contributed by atoms with van der Waals surface area (Å²) in [4.78, 5) is 26.0. The summed E-state index contributed by atoms with van der Waals surface area (Å²) in [7, 11) is 0. The molecular weight excluding hydrogens is 286 g/mol. The standard InChI is InChI=1S/C15H23N3O2S/c1-10(2)14(16)15(20)17-7-13(19)18(12-3-4-12)8-11-5-6-21-9-11/h5-6,9-10,12,14H,3-4,7-8,16H2,1-2H3,(H,17,20)/t14-/m0/s1. The third kappa shape index (κ3) is 4.54. The molecule has 5 nitrogen and oxygen atoms in total. The SMILES string of the molecule is CC(C)[C@H](N)C(=O)NCC(=O)N(Cc1ccsc1)C1CC1. The predicted molar refractivity (Wildman–Crippen MR) is 83.7 cm³/mol. The Morgan fingerprint density at radius 2 is 2.19 bits per heavy atom. The van der Waals surface area contributed by atoms with Crippen LogP contribution in [-0.4, -0.2) is 35.3 Å². The van der Waals surface area contributed by atoms with E-state index in [1.165, 1.54) is 0 Å². The second-order valence-electron chi connectivity index (χ2n) is 5.87. The highest BCUT2D eigenvalue weighted by Gasteiger charge is 2.32. The number of nitrogens with two attached hydrogens (primary N) is 1. The summed E-state index contributed by atoms with van der Waals surface area (Å²) in [5, 5.41) is 6.71. The van der Waals surface area contributed by atoms with Crippen molar-refractivity contribution in [1.29, 1.82) is 0 Å². The normalized spacial score (nSPS) is 15.8. The summed E-state index contributed by atoms with van der Waals surface area (Å²) in [6, 6.07) is 1.79. The Hall–Kier alpha value is -1.40. The fourth-order valence-electron chi connectivity index (χ4n) is 2.07. The van der Waals surface area contributed by atoms with Crippen molar-refractivity contribution in [3.8, 4) is 0 Å². The van der Waals surface area contributed by atoms with Crippen LogP contribution >= 0.6 is 11.3 Å². The molecule has 3 N–H and O–H groups in total. The Labute approximate surface area is 129 Å². The molecular formula is C15H23N3O2S. The smallest absolute Gasteiger partial charge is 0.242 e. The number of carbonyl (C=O) groups is 2. The van der Waals surface area contributed by atoms with E-state index in [-0.39, 0.29) is 24.3 Å². The van der Waals surface area contributed by atoms with Crippen LogP contribution in [0.5, 0.6) is 0 Å². The van der Waals surface area contributed by atoms with Gasteiger partial charge in [-0.3, -0.25) is 9.59 Å². The highest BCUT2D eigenvalue weighted by atomic mass is 32.1. The van der Waals surface area contributed by atoms with Gasteiger partial charge in [-0.15, -0.1) is 0 Å². The van der Waals surface area contributed by atoms with Crippen LogP contribution in [0.2, 0.25) is 0 Å². The van der Waals surface area contributed by atoms with Crippen LogP contribution in [0.25, 0.3) is 0 Å². The van der Waals surface area contributed by atoms with Crippen molar-refractivity contribution in [3.05, 3.63) is 22.4 Å². The zero-order valence-electron chi connectivity index (χ0n) is 12.5. The van der Waals surface area contributed by atoms with E-state index in [9.17, 15) is 9.59 Å². The average molecular weight is 309 g/mol. The molecule has 0 spiro atoms. The summed E-state index contributed by atoms with van der Waals surface area (Å²) in [5.74, 6) is -0.233. The van der Waals surface area contributed by atoms with Crippen LogP contribution in [0.1, 0.15) is 32.3 Å². The van der Waals surface area contributed by atoms with E-state index < -0.39 is 6.04 Å². The first kappa shape index (κ1) is 16.0. The minimum atomic E-state index is -0.566. The molecule has 0 aliphatic heterocycles. The molecule has 1 aromatic heterocycles. The van der Waals surface area contributed by atoms with E-state index in [1.54, 1.807) is 11.3 Å². The molecule has 1 saturated carbocycles. The molecule has 0 radical (unpaired) electrons. The molecule has 2 rings (SSSR count). The van der Waals surface area contributed by atoms with Gasteiger partial charge in [0.25, 0.3) is 0 Å². The summed E-state index contributed by atoms with van der Waals surface area (Å²) in [6.07, 6.45) is 2.10. The largest absolute Gasteiger partial charge is 0.346 e. The van der Waals surface area contributed by atoms with Gasteiger partial charge in [-0.2, -0.15) is 11.3 Å². The summed E-state index contributed by atoms with van der Waals surface area (Å²) < 4.78 is 0. The molecule has 21 heavy (non-hydrogen) atoms. The van der Waals surface area contributed by atoms with Crippen LogP contribution in [0.15, 0.2) is 16.8 Å². The first-order valence-electron chi connectivity index (χ1n) is 7.33. The molecule has 0 unspecified atom stereocenters. The number of nitrogens with zero attached hydrogens (tertiary/aromatic N) is 1. The van der Waals surface area contributed by atoms with E-state index in [0.717, 1.165) is 18.4 Å². The Balaban J connectivity index is 1.86. The van der Waals surface area contributed by atoms with Gasteiger partial charge in [0.1, 0.15) is 0 Å². The fraction of sp³-hybridized carbons (Fsp3) is 0.600. The lowest BCUT2D eigenvalue weighted by Crippen LogP contribution is -2.48. The maximum absolute atomic E-state index is 12.3. The monoisotopic (exact) mass is 309 g/mol. The quantitative estimate of drug-likeness (QED) is 0.798. The van der Waals surface area contributed by atoms with Crippen LogP contribution in [0.3, 0.4) is 0 Å². The molecule has 0 saturated heterocycles. The van der Waals surface area contributed by atoms with Crippen LogP contribution in [0.4, 0.5) is 0 Å². The van der Waals surface area contributed by atoms with Gasteiger partial charge in [0.2, 0.25) is 11.8 Å². The van der Waals surface area contributed by atoms with Gasteiger partial charge in [-0.1, -0.05) is 13.8 Å². The minimum Gasteiger partial charge on any atom is -0.346 e. The number of hydrogen-bond acceptors (Lipinski definition) is 4. The number of rotatable bonds is 7. The number of hydrogen-bond donors (Lipinski definition) is 2. The highest BCUT2D eigenvalue weighted by Crippen LogP contribution is 2.28. The van der Waals surface area contributed by atoms with Gasteiger partial charge in [0.05, 0.1) is 12.6 Å². The average Bonchev–Trinajstić information content (AvgIpc) is 3.17. The Bertz CT molecular complexity index is 483. The molecule has 6 heteroatoms. The van der Waals surface area contributed by atoms with Crippen molar-refractivity contribution in [3.63, 3.8) is 0 Å². The maximum Gasteiger partial charge on any atom is 0.242 e. The topological polar surface area (TPSA) is 75.4 Å². The Morgan fingerprint density at radius 1 is 1.48 bits per heavy atom. The minimum absolute atomic E-state index is 0.0277. The number of amides is 2. The second kappa shape index (κ2) is 7.04. The van der Waals surface area contributed by atoms with Gasteiger partial charge in [-0.25, -0.2) is 0 Å². The number of nitrogens with one attached hydrogen (secondary N) is 1. The molecule has 0 aromatic carbocycles. The zero-order chi connectivity index (χ0) is 15.4. The fourth-order valence-corrected chi connectivity index (χ4v) is 2.73. The van der Waals surface area contributed by atoms with Gasteiger partial charge in [0.15, 0.2) is 0 Å². The van der Waals surface area contributed by atoms with Crippen LogP contribution in [-0.2, 0) is 16.1 Å². The number of carbonyl (C=O) groups excluding carboxylic acids is 2. The Kier molecular flexibility index (Phi) is 5.36. The highest BCUT2D eigenvalue weighted by molar-refractivity contribution is 7.07. The summed E-state index contributed by atoms with van der Waals surface area (Å²) >= 11 is 1.63. The zero-order valence-corrected chi connectivity index (χ0v) is 13.4. The molecule has 1 atom stereocenters. The Morgan fingerprint density at radius 3 is 2.71 bits per heavy atom. The molecule has 0 bridgehead atoms. The predicted octanol–water partition coefficient (Wildman–Crippen LogP) is 1.34. The van der Waals surface area contributed by atoms with Crippen molar-refractivity contribution in [2.75, 3.05) is 6.54 Å². The second-order valence-corrected chi connectivity index (χ2v) is 6.65. The van der Waals surface area contributed by atoms with Crippen molar-refractivity contribution >= 4 is 23.2 Å². The number of thiophene rings is 1. The van der Waals surface area contributed by atoms with Gasteiger partial charge < -0.3 is 16.0 Å². The third-order valence-corrected chi connectivity index (χ3v) is 4.41. The first-order chi connectivity index (χ1) is 9.99. The van der Waals surface area contributed by atoms with Crippen molar-refractivity contribution in [2.24, 2.45) is 11.7 Å². The van der Waals surface area contributed by atoms with Crippen molar-refractivity contribution in [2.45, 2.75) is 45.3 Å². The molecule has 1 fully saturated rings. The first-order valence-corrected chi connectivity index (χ1v) is 8.27. The van der Waals surface area contributed by atoms with E-state index in [1.807, 2.05) is 30.2 Å². The van der Waals surface area contributed by atoms with Crippen LogP contribution in [0, 0.1) is 5.92 Å².